The summed E-state index contributed by atoms with van der Waals surface area (Å²) in [6.07, 6.45) is 2.26. The molecular weight excluding hydrogens is 318 g/mol. The van der Waals surface area contributed by atoms with Gasteiger partial charge in [0.15, 0.2) is 5.69 Å². The van der Waals surface area contributed by atoms with Gasteiger partial charge in [-0.15, -0.1) is 0 Å². The van der Waals surface area contributed by atoms with Gasteiger partial charge >= 0.3 is 0 Å². The minimum absolute atomic E-state index is 0.129. The fourth-order valence-electron chi connectivity index (χ4n) is 3.26. The molecule has 1 aliphatic heterocycles. The van der Waals surface area contributed by atoms with Crippen molar-refractivity contribution in [2.24, 2.45) is 0 Å². The number of nitrogens with zero attached hydrogens (tertiary/aromatic N) is 2. The molecule has 1 aromatic carbocycles. The second kappa shape index (κ2) is 7.37. The lowest BCUT2D eigenvalue weighted by molar-refractivity contribution is 0.0162. The normalized spacial score (nSPS) is 19.5. The average Bonchev–Trinajstić information content (AvgIpc) is 3.40. The van der Waals surface area contributed by atoms with E-state index < -0.39 is 0 Å². The first kappa shape index (κ1) is 16.3. The third-order valence-corrected chi connectivity index (χ3v) is 4.87. The van der Waals surface area contributed by atoms with Crippen LogP contribution in [0.1, 0.15) is 46.6 Å². The minimum atomic E-state index is -0.176. The Morgan fingerprint density at radius 1 is 1.24 bits per heavy atom. The number of carbonyl (C=O) groups excluding carboxylic acids is 1. The number of nitrogens with one attached hydrogen (secondary N) is 1. The van der Waals surface area contributed by atoms with Gasteiger partial charge in [-0.3, -0.25) is 9.69 Å². The summed E-state index contributed by atoms with van der Waals surface area (Å²) in [6, 6.07) is 12.2. The summed E-state index contributed by atoms with van der Waals surface area (Å²) in [5.74, 6) is 1.11. The van der Waals surface area contributed by atoms with Gasteiger partial charge < -0.3 is 14.6 Å². The molecular formula is C19H23N3O3. The molecule has 1 aromatic heterocycles. The van der Waals surface area contributed by atoms with Crippen LogP contribution in [0.4, 0.5) is 0 Å². The van der Waals surface area contributed by atoms with E-state index in [1.165, 1.54) is 5.56 Å². The molecule has 1 saturated carbocycles. The largest absolute Gasteiger partial charge is 0.379 e. The van der Waals surface area contributed by atoms with Crippen LogP contribution in [0, 0.1) is 0 Å². The highest BCUT2D eigenvalue weighted by Gasteiger charge is 2.29. The lowest BCUT2D eigenvalue weighted by Crippen LogP contribution is -2.43. The Morgan fingerprint density at radius 2 is 2.00 bits per heavy atom. The molecule has 6 heteroatoms. The van der Waals surface area contributed by atoms with Crippen molar-refractivity contribution in [2.45, 2.75) is 24.8 Å². The van der Waals surface area contributed by atoms with E-state index in [0.717, 1.165) is 44.9 Å². The van der Waals surface area contributed by atoms with Crippen LogP contribution in [0.2, 0.25) is 0 Å². The summed E-state index contributed by atoms with van der Waals surface area (Å²) in [5.41, 5.74) is 1.57. The molecule has 1 atom stereocenters. The topological polar surface area (TPSA) is 67.6 Å². The second-order valence-electron chi connectivity index (χ2n) is 6.67. The Labute approximate surface area is 147 Å². The van der Waals surface area contributed by atoms with Gasteiger partial charge in [0.25, 0.3) is 5.91 Å². The second-order valence-corrected chi connectivity index (χ2v) is 6.67. The number of rotatable bonds is 6. The maximum absolute atomic E-state index is 12.4. The van der Waals surface area contributed by atoms with Crippen LogP contribution in [-0.4, -0.2) is 48.8 Å². The van der Waals surface area contributed by atoms with Gasteiger partial charge in [-0.1, -0.05) is 35.5 Å². The number of carbonyl (C=O) groups is 1. The molecule has 4 rings (SSSR count). The monoisotopic (exact) mass is 341 g/mol. The first-order chi connectivity index (χ1) is 12.3. The van der Waals surface area contributed by atoms with Crippen LogP contribution < -0.4 is 5.32 Å². The number of morpholine rings is 1. The molecule has 1 saturated heterocycles. The first-order valence-electron chi connectivity index (χ1n) is 8.93. The van der Waals surface area contributed by atoms with Gasteiger partial charge in [-0.05, 0) is 18.4 Å². The Morgan fingerprint density at radius 3 is 2.72 bits per heavy atom. The molecule has 6 nitrogen and oxygen atoms in total. The lowest BCUT2D eigenvalue weighted by atomic mass is 10.0. The van der Waals surface area contributed by atoms with Gasteiger partial charge in [0.2, 0.25) is 0 Å². The third-order valence-electron chi connectivity index (χ3n) is 4.87. The van der Waals surface area contributed by atoms with Gasteiger partial charge in [-0.25, -0.2) is 0 Å². The number of amides is 1. The van der Waals surface area contributed by atoms with Gasteiger partial charge in [0, 0.05) is 31.6 Å². The van der Waals surface area contributed by atoms with E-state index in [9.17, 15) is 4.79 Å². The smallest absolute Gasteiger partial charge is 0.273 e. The predicted octanol–water partition coefficient (Wildman–Crippen LogP) is 2.36. The highest BCUT2D eigenvalue weighted by molar-refractivity contribution is 5.92. The molecule has 1 N–H and O–H groups in total. The van der Waals surface area contributed by atoms with Crippen molar-refractivity contribution in [2.75, 3.05) is 32.8 Å². The quantitative estimate of drug-likeness (QED) is 0.874. The molecule has 2 fully saturated rings. The van der Waals surface area contributed by atoms with Crippen molar-refractivity contribution in [3.8, 4) is 0 Å². The summed E-state index contributed by atoms with van der Waals surface area (Å²) in [4.78, 5) is 14.8. The van der Waals surface area contributed by atoms with Crippen molar-refractivity contribution in [3.63, 3.8) is 0 Å². The lowest BCUT2D eigenvalue weighted by Gasteiger charge is -2.34. The molecule has 132 valence electrons. The van der Waals surface area contributed by atoms with E-state index >= 15 is 0 Å². The molecule has 25 heavy (non-hydrogen) atoms. The summed E-state index contributed by atoms with van der Waals surface area (Å²) in [5, 5.41) is 6.94. The molecule has 0 bridgehead atoms. The summed E-state index contributed by atoms with van der Waals surface area (Å²) in [6.45, 7) is 3.72. The van der Waals surface area contributed by atoms with Crippen LogP contribution in [0.5, 0.6) is 0 Å². The highest BCUT2D eigenvalue weighted by Crippen LogP contribution is 2.40. The van der Waals surface area contributed by atoms with Gasteiger partial charge in [0.05, 0.1) is 19.3 Å². The van der Waals surface area contributed by atoms with Gasteiger partial charge in [0.1, 0.15) is 5.76 Å². The zero-order chi connectivity index (χ0) is 17.1. The number of aromatic nitrogens is 1. The minimum Gasteiger partial charge on any atom is -0.379 e. The zero-order valence-corrected chi connectivity index (χ0v) is 14.2. The Balaban J connectivity index is 1.43. The summed E-state index contributed by atoms with van der Waals surface area (Å²) in [7, 11) is 0. The van der Waals surface area contributed by atoms with Crippen molar-refractivity contribution < 1.29 is 14.1 Å². The molecule has 2 heterocycles. The van der Waals surface area contributed by atoms with E-state index in [-0.39, 0.29) is 11.9 Å². The molecule has 2 aliphatic rings. The fraction of sp³-hybridized carbons (Fsp3) is 0.474. The molecule has 0 unspecified atom stereocenters. The van der Waals surface area contributed by atoms with Crippen molar-refractivity contribution >= 4 is 5.91 Å². The Hall–Kier alpha value is -2.18. The molecule has 2 aromatic rings. The predicted molar refractivity (Wildman–Crippen MR) is 92.4 cm³/mol. The van der Waals surface area contributed by atoms with Crippen LogP contribution in [0.15, 0.2) is 40.9 Å². The first-order valence-corrected chi connectivity index (χ1v) is 8.93. The van der Waals surface area contributed by atoms with Crippen LogP contribution >= 0.6 is 0 Å². The maximum atomic E-state index is 12.4. The third kappa shape index (κ3) is 3.91. The van der Waals surface area contributed by atoms with Crippen molar-refractivity contribution in [3.05, 3.63) is 53.4 Å². The van der Waals surface area contributed by atoms with Crippen LogP contribution in [0.3, 0.4) is 0 Å². The molecule has 1 aliphatic carbocycles. The van der Waals surface area contributed by atoms with Crippen LogP contribution in [-0.2, 0) is 4.74 Å². The highest BCUT2D eigenvalue weighted by atomic mass is 16.5. The van der Waals surface area contributed by atoms with E-state index in [1.54, 1.807) is 6.07 Å². The van der Waals surface area contributed by atoms with Crippen LogP contribution in [0.25, 0.3) is 0 Å². The van der Waals surface area contributed by atoms with E-state index in [2.05, 4.69) is 27.5 Å². The molecule has 0 radical (unpaired) electrons. The van der Waals surface area contributed by atoms with E-state index in [1.807, 2.05) is 18.2 Å². The number of benzene rings is 1. The molecule has 0 spiro atoms. The number of hydrogen-bond acceptors (Lipinski definition) is 5. The van der Waals surface area contributed by atoms with E-state index in [0.29, 0.717) is 18.2 Å². The number of ether oxygens (including phenoxy) is 1. The average molecular weight is 341 g/mol. The van der Waals surface area contributed by atoms with Crippen molar-refractivity contribution in [1.82, 2.24) is 15.4 Å². The summed E-state index contributed by atoms with van der Waals surface area (Å²) < 4.78 is 10.7. The maximum Gasteiger partial charge on any atom is 0.273 e. The Bertz CT molecular complexity index is 706. The van der Waals surface area contributed by atoms with Gasteiger partial charge in [-0.2, -0.15) is 0 Å². The van der Waals surface area contributed by atoms with Crippen molar-refractivity contribution in [1.29, 1.82) is 0 Å². The summed E-state index contributed by atoms with van der Waals surface area (Å²) >= 11 is 0. The SMILES string of the molecule is O=C(NC[C@@H](c1ccccc1)N1CCOCC1)c1cc(C2CC2)on1. The standard InChI is InChI=1S/C19H23N3O3/c23-19(16-12-18(25-21-16)15-6-7-15)20-13-17(14-4-2-1-3-5-14)22-8-10-24-11-9-22/h1-5,12,15,17H,6-11,13H2,(H,20,23)/t17-/m0/s1. The Kier molecular flexibility index (Phi) is 4.81. The zero-order valence-electron chi connectivity index (χ0n) is 14.2. The fourth-order valence-corrected chi connectivity index (χ4v) is 3.26. The molecule has 1 amide bonds. The number of hydrogen-bond donors (Lipinski definition) is 1. The van der Waals surface area contributed by atoms with E-state index in [4.69, 9.17) is 9.26 Å².